The highest BCUT2D eigenvalue weighted by Crippen LogP contribution is 2.37. The predicted octanol–water partition coefficient (Wildman–Crippen LogP) is 10.7. The van der Waals surface area contributed by atoms with E-state index in [0.29, 0.717) is 17.5 Å². The predicted molar refractivity (Wildman–Crippen MR) is 184 cm³/mol. The first kappa shape index (κ1) is 25.4. The molecule has 0 fully saturated rings. The second-order valence-corrected chi connectivity index (χ2v) is 11.3. The third-order valence-electron chi connectivity index (χ3n) is 8.51. The molecule has 2 heterocycles. The molecular weight excluding hydrogens is 550 g/mol. The van der Waals surface area contributed by atoms with Crippen molar-refractivity contribution in [1.29, 1.82) is 0 Å². The second kappa shape index (κ2) is 10.2. The van der Waals surface area contributed by atoms with Gasteiger partial charge >= 0.3 is 0 Å². The Bertz CT molecular complexity index is 2550. The molecule has 2 aromatic heterocycles. The standard InChI is InChI=1S/C41H25N3O/c1-2-11-27(12-3-1)32-16-8-14-28-21-23-31(25-36(28)32)40-42-39(30-22-20-26-10-4-5-13-29(26)24-30)43-41(44-40)35-18-9-17-34-33-15-6-7-19-37(33)45-38(34)35/h1-25H. The summed E-state index contributed by atoms with van der Waals surface area (Å²) in [4.78, 5) is 15.3. The summed E-state index contributed by atoms with van der Waals surface area (Å²) < 4.78 is 6.41. The maximum Gasteiger partial charge on any atom is 0.167 e. The number of aromatic nitrogens is 3. The van der Waals surface area contributed by atoms with Crippen molar-refractivity contribution >= 4 is 43.5 Å². The summed E-state index contributed by atoms with van der Waals surface area (Å²) in [5.74, 6) is 1.80. The molecule has 0 amide bonds. The number of rotatable bonds is 4. The molecule has 0 N–H and O–H groups in total. The van der Waals surface area contributed by atoms with Crippen LogP contribution in [0.2, 0.25) is 0 Å². The quantitative estimate of drug-likeness (QED) is 0.209. The number of nitrogens with zero attached hydrogens (tertiary/aromatic N) is 3. The fraction of sp³-hybridized carbons (Fsp3) is 0. The van der Waals surface area contributed by atoms with E-state index in [2.05, 4.69) is 115 Å². The van der Waals surface area contributed by atoms with Gasteiger partial charge in [0.1, 0.15) is 11.2 Å². The Morgan fingerprint density at radius 3 is 1.84 bits per heavy atom. The van der Waals surface area contributed by atoms with Crippen molar-refractivity contribution in [3.63, 3.8) is 0 Å². The first-order valence-electron chi connectivity index (χ1n) is 15.0. The van der Waals surface area contributed by atoms with Gasteiger partial charge < -0.3 is 4.42 Å². The minimum atomic E-state index is 0.573. The molecule has 0 saturated carbocycles. The SMILES string of the molecule is c1ccc(-c2cccc3ccc(-c4nc(-c5ccc6ccccc6c5)nc(-c5cccc6c5oc5ccccc56)n4)cc23)cc1. The molecule has 0 spiro atoms. The van der Waals surface area contributed by atoms with E-state index in [1.54, 1.807) is 0 Å². The van der Waals surface area contributed by atoms with E-state index in [1.807, 2.05) is 36.4 Å². The van der Waals surface area contributed by atoms with Crippen LogP contribution in [0.4, 0.5) is 0 Å². The fourth-order valence-electron chi connectivity index (χ4n) is 6.29. The first-order valence-corrected chi connectivity index (χ1v) is 15.0. The van der Waals surface area contributed by atoms with Crippen LogP contribution >= 0.6 is 0 Å². The van der Waals surface area contributed by atoms with Gasteiger partial charge in [-0.05, 0) is 56.9 Å². The molecule has 45 heavy (non-hydrogen) atoms. The summed E-state index contributed by atoms with van der Waals surface area (Å²) in [5, 5.41) is 6.73. The van der Waals surface area contributed by atoms with Gasteiger partial charge in [0.25, 0.3) is 0 Å². The smallest absolute Gasteiger partial charge is 0.167 e. The summed E-state index contributed by atoms with van der Waals surface area (Å²) in [6.07, 6.45) is 0. The lowest BCUT2D eigenvalue weighted by atomic mass is 9.96. The molecule has 0 aliphatic rings. The number of para-hydroxylation sites is 2. The topological polar surface area (TPSA) is 51.8 Å². The zero-order chi connectivity index (χ0) is 29.7. The number of fused-ring (bicyclic) bond motifs is 5. The van der Waals surface area contributed by atoms with E-state index >= 15 is 0 Å². The van der Waals surface area contributed by atoms with Crippen LogP contribution in [-0.4, -0.2) is 15.0 Å². The van der Waals surface area contributed by atoms with E-state index in [1.165, 1.54) is 16.5 Å². The Hall–Kier alpha value is -6.13. The summed E-state index contributed by atoms with van der Waals surface area (Å²) in [7, 11) is 0. The average Bonchev–Trinajstić information content (AvgIpc) is 3.50. The van der Waals surface area contributed by atoms with Crippen LogP contribution < -0.4 is 0 Å². The Balaban J connectivity index is 1.29. The Morgan fingerprint density at radius 1 is 0.356 bits per heavy atom. The van der Waals surface area contributed by atoms with E-state index in [4.69, 9.17) is 19.4 Å². The van der Waals surface area contributed by atoms with Crippen LogP contribution in [0, 0.1) is 0 Å². The van der Waals surface area contributed by atoms with E-state index in [0.717, 1.165) is 54.8 Å². The number of hydrogen-bond donors (Lipinski definition) is 0. The molecular formula is C41H25N3O. The van der Waals surface area contributed by atoms with Crippen molar-refractivity contribution in [2.75, 3.05) is 0 Å². The molecule has 0 unspecified atom stereocenters. The third-order valence-corrected chi connectivity index (χ3v) is 8.51. The van der Waals surface area contributed by atoms with E-state index in [9.17, 15) is 0 Å². The molecule has 0 aliphatic carbocycles. The van der Waals surface area contributed by atoms with E-state index in [-0.39, 0.29) is 0 Å². The van der Waals surface area contributed by atoms with Gasteiger partial charge in [0, 0.05) is 21.9 Å². The minimum Gasteiger partial charge on any atom is -0.455 e. The Kier molecular flexibility index (Phi) is 5.78. The maximum absolute atomic E-state index is 6.41. The second-order valence-electron chi connectivity index (χ2n) is 11.3. The van der Waals surface area contributed by atoms with Crippen molar-refractivity contribution in [3.8, 4) is 45.3 Å². The van der Waals surface area contributed by atoms with Gasteiger partial charge in [-0.15, -0.1) is 0 Å². The molecule has 0 atom stereocenters. The largest absolute Gasteiger partial charge is 0.455 e. The highest BCUT2D eigenvalue weighted by Gasteiger charge is 2.18. The normalized spacial score (nSPS) is 11.6. The van der Waals surface area contributed by atoms with Gasteiger partial charge in [-0.1, -0.05) is 127 Å². The first-order chi connectivity index (χ1) is 22.3. The van der Waals surface area contributed by atoms with Crippen LogP contribution in [0.25, 0.3) is 88.8 Å². The molecule has 0 radical (unpaired) electrons. The van der Waals surface area contributed by atoms with Crippen molar-refractivity contribution in [3.05, 3.63) is 152 Å². The molecule has 0 bridgehead atoms. The van der Waals surface area contributed by atoms with Crippen molar-refractivity contribution in [1.82, 2.24) is 15.0 Å². The fourth-order valence-corrected chi connectivity index (χ4v) is 6.29. The van der Waals surface area contributed by atoms with Gasteiger partial charge in [0.05, 0.1) is 5.56 Å². The minimum absolute atomic E-state index is 0.573. The molecule has 9 aromatic rings. The molecule has 4 nitrogen and oxygen atoms in total. The summed E-state index contributed by atoms with van der Waals surface area (Å²) in [6, 6.07) is 52.3. The molecule has 210 valence electrons. The molecule has 0 saturated heterocycles. The highest BCUT2D eigenvalue weighted by molar-refractivity contribution is 6.09. The summed E-state index contributed by atoms with van der Waals surface area (Å²) in [6.45, 7) is 0. The zero-order valence-electron chi connectivity index (χ0n) is 24.2. The molecule has 4 heteroatoms. The lowest BCUT2D eigenvalue weighted by Crippen LogP contribution is -2.00. The van der Waals surface area contributed by atoms with Gasteiger partial charge in [-0.2, -0.15) is 0 Å². The lowest BCUT2D eigenvalue weighted by molar-refractivity contribution is 0.669. The number of furan rings is 1. The van der Waals surface area contributed by atoms with Gasteiger partial charge in [0.2, 0.25) is 0 Å². The molecule has 9 rings (SSSR count). The lowest BCUT2D eigenvalue weighted by Gasteiger charge is -2.11. The Labute approximate surface area is 259 Å². The summed E-state index contributed by atoms with van der Waals surface area (Å²) in [5.41, 5.74) is 6.64. The van der Waals surface area contributed by atoms with Crippen LogP contribution in [0.1, 0.15) is 0 Å². The number of hydrogen-bond acceptors (Lipinski definition) is 4. The van der Waals surface area contributed by atoms with E-state index < -0.39 is 0 Å². The Morgan fingerprint density at radius 2 is 0.978 bits per heavy atom. The monoisotopic (exact) mass is 575 g/mol. The van der Waals surface area contributed by atoms with Crippen LogP contribution in [0.5, 0.6) is 0 Å². The average molecular weight is 576 g/mol. The van der Waals surface area contributed by atoms with Crippen molar-refractivity contribution in [2.24, 2.45) is 0 Å². The third kappa shape index (κ3) is 4.35. The van der Waals surface area contributed by atoms with Crippen molar-refractivity contribution < 1.29 is 4.42 Å². The summed E-state index contributed by atoms with van der Waals surface area (Å²) >= 11 is 0. The van der Waals surface area contributed by atoms with Gasteiger partial charge in [-0.3, -0.25) is 0 Å². The highest BCUT2D eigenvalue weighted by atomic mass is 16.3. The van der Waals surface area contributed by atoms with Gasteiger partial charge in [0.15, 0.2) is 17.5 Å². The van der Waals surface area contributed by atoms with Crippen LogP contribution in [-0.2, 0) is 0 Å². The maximum atomic E-state index is 6.41. The number of benzene rings is 7. The van der Waals surface area contributed by atoms with Crippen LogP contribution in [0.15, 0.2) is 156 Å². The van der Waals surface area contributed by atoms with Gasteiger partial charge in [-0.25, -0.2) is 15.0 Å². The zero-order valence-corrected chi connectivity index (χ0v) is 24.2. The molecule has 0 aliphatic heterocycles. The van der Waals surface area contributed by atoms with Crippen molar-refractivity contribution in [2.45, 2.75) is 0 Å². The molecule has 7 aromatic carbocycles. The van der Waals surface area contributed by atoms with Crippen LogP contribution in [0.3, 0.4) is 0 Å².